The predicted molar refractivity (Wildman–Crippen MR) is 116 cm³/mol. The molecule has 2 aromatic heterocycles. The third kappa shape index (κ3) is 4.51. The fourth-order valence-corrected chi connectivity index (χ4v) is 3.62. The maximum atomic E-state index is 14.4. The summed E-state index contributed by atoms with van der Waals surface area (Å²) in [6, 6.07) is 9.84. The fraction of sp³-hybridized carbons (Fsp3) is 0.304. The van der Waals surface area contributed by atoms with Gasteiger partial charge in [0.05, 0.1) is 11.3 Å². The lowest BCUT2D eigenvalue weighted by Crippen LogP contribution is -2.15. The van der Waals surface area contributed by atoms with Crippen molar-refractivity contribution in [1.82, 2.24) is 9.97 Å². The van der Waals surface area contributed by atoms with Gasteiger partial charge in [0.1, 0.15) is 5.82 Å². The van der Waals surface area contributed by atoms with Crippen molar-refractivity contribution in [3.63, 3.8) is 0 Å². The SMILES string of the molecule is CC(C)c1[nH]c(=O)c(-c2cc(Cl)ccc2F)cc1Nc1ccnc(CC2CC2)c1. The average molecular weight is 412 g/mol. The van der Waals surface area contributed by atoms with Crippen molar-refractivity contribution in [3.8, 4) is 11.1 Å². The summed E-state index contributed by atoms with van der Waals surface area (Å²) < 4.78 is 14.4. The molecule has 1 aliphatic carbocycles. The Morgan fingerprint density at radius 3 is 2.72 bits per heavy atom. The Bertz CT molecular complexity index is 1110. The van der Waals surface area contributed by atoms with E-state index in [9.17, 15) is 9.18 Å². The number of aromatic amines is 1. The maximum Gasteiger partial charge on any atom is 0.256 e. The van der Waals surface area contributed by atoms with Gasteiger partial charge in [-0.3, -0.25) is 9.78 Å². The lowest BCUT2D eigenvalue weighted by molar-refractivity contribution is 0.631. The van der Waals surface area contributed by atoms with E-state index >= 15 is 0 Å². The Kier molecular flexibility index (Phi) is 5.41. The van der Waals surface area contributed by atoms with Gasteiger partial charge < -0.3 is 10.3 Å². The first-order chi connectivity index (χ1) is 13.9. The molecular weight excluding hydrogens is 389 g/mol. The monoisotopic (exact) mass is 411 g/mol. The van der Waals surface area contributed by atoms with Crippen molar-refractivity contribution < 1.29 is 4.39 Å². The van der Waals surface area contributed by atoms with Crippen molar-refractivity contribution in [1.29, 1.82) is 0 Å². The summed E-state index contributed by atoms with van der Waals surface area (Å²) in [4.78, 5) is 20.1. The van der Waals surface area contributed by atoms with Gasteiger partial charge in [0.2, 0.25) is 0 Å². The summed E-state index contributed by atoms with van der Waals surface area (Å²) in [5, 5.41) is 3.77. The molecule has 0 radical (unpaired) electrons. The molecular formula is C23H23ClFN3O. The minimum absolute atomic E-state index is 0.0798. The second kappa shape index (κ2) is 7.99. The van der Waals surface area contributed by atoms with E-state index in [1.807, 2.05) is 26.0 Å². The third-order valence-electron chi connectivity index (χ3n) is 5.16. The van der Waals surface area contributed by atoms with E-state index in [0.29, 0.717) is 5.02 Å². The lowest BCUT2D eigenvalue weighted by Gasteiger charge is -2.17. The van der Waals surface area contributed by atoms with E-state index in [4.69, 9.17) is 11.6 Å². The van der Waals surface area contributed by atoms with Crippen LogP contribution in [0.15, 0.2) is 47.4 Å². The summed E-state index contributed by atoms with van der Waals surface area (Å²) >= 11 is 6.03. The molecule has 1 aliphatic rings. The molecule has 0 saturated heterocycles. The van der Waals surface area contributed by atoms with E-state index in [1.165, 1.54) is 31.0 Å². The molecule has 2 N–H and O–H groups in total. The van der Waals surface area contributed by atoms with E-state index in [1.54, 1.807) is 12.3 Å². The summed E-state index contributed by atoms with van der Waals surface area (Å²) in [6.07, 6.45) is 5.31. The first-order valence-electron chi connectivity index (χ1n) is 9.85. The van der Waals surface area contributed by atoms with E-state index in [-0.39, 0.29) is 22.6 Å². The molecule has 2 heterocycles. The van der Waals surface area contributed by atoms with Gasteiger partial charge in [-0.2, -0.15) is 0 Å². The molecule has 0 unspecified atom stereocenters. The summed E-state index contributed by atoms with van der Waals surface area (Å²) in [5.74, 6) is 0.337. The molecule has 3 aromatic rings. The number of anilines is 2. The van der Waals surface area contributed by atoms with Crippen LogP contribution < -0.4 is 10.9 Å². The Morgan fingerprint density at radius 2 is 2.00 bits per heavy atom. The van der Waals surface area contributed by atoms with Gasteiger partial charge >= 0.3 is 0 Å². The zero-order valence-corrected chi connectivity index (χ0v) is 17.2. The number of rotatable bonds is 6. The van der Waals surface area contributed by atoms with Crippen LogP contribution in [0, 0.1) is 11.7 Å². The van der Waals surface area contributed by atoms with Gasteiger partial charge in [0.25, 0.3) is 5.56 Å². The Hall–Kier alpha value is -2.66. The molecule has 0 spiro atoms. The highest BCUT2D eigenvalue weighted by Crippen LogP contribution is 2.33. The smallest absolute Gasteiger partial charge is 0.256 e. The Morgan fingerprint density at radius 1 is 1.21 bits per heavy atom. The van der Waals surface area contributed by atoms with Crippen LogP contribution in [0.2, 0.25) is 5.02 Å². The summed E-state index contributed by atoms with van der Waals surface area (Å²) in [5.41, 5.74) is 3.52. The molecule has 6 heteroatoms. The van der Waals surface area contributed by atoms with Crippen LogP contribution >= 0.6 is 11.6 Å². The van der Waals surface area contributed by atoms with Gasteiger partial charge in [-0.15, -0.1) is 0 Å². The number of pyridine rings is 2. The van der Waals surface area contributed by atoms with Crippen LogP contribution in [0.1, 0.15) is 44.0 Å². The van der Waals surface area contributed by atoms with Crippen LogP contribution in [0.5, 0.6) is 0 Å². The van der Waals surface area contributed by atoms with E-state index in [2.05, 4.69) is 15.3 Å². The fourth-order valence-electron chi connectivity index (χ4n) is 3.45. The number of halogens is 2. The van der Waals surface area contributed by atoms with Gasteiger partial charge in [-0.05, 0) is 67.5 Å². The molecule has 0 bridgehead atoms. The first-order valence-corrected chi connectivity index (χ1v) is 10.2. The summed E-state index contributed by atoms with van der Waals surface area (Å²) in [6.45, 7) is 4.00. The van der Waals surface area contributed by atoms with Crippen molar-refractivity contribution in [2.24, 2.45) is 5.92 Å². The maximum absolute atomic E-state index is 14.4. The Balaban J connectivity index is 1.75. The highest BCUT2D eigenvalue weighted by Gasteiger charge is 2.22. The number of hydrogen-bond donors (Lipinski definition) is 2. The topological polar surface area (TPSA) is 57.8 Å². The van der Waals surface area contributed by atoms with Crippen molar-refractivity contribution in [2.45, 2.75) is 39.0 Å². The number of nitrogens with one attached hydrogen (secondary N) is 2. The number of H-pyrrole nitrogens is 1. The van der Waals surface area contributed by atoms with Gasteiger partial charge in [-0.25, -0.2) is 4.39 Å². The largest absolute Gasteiger partial charge is 0.354 e. The van der Waals surface area contributed by atoms with E-state index in [0.717, 1.165) is 35.1 Å². The quantitative estimate of drug-likeness (QED) is 0.519. The molecule has 4 nitrogen and oxygen atoms in total. The van der Waals surface area contributed by atoms with Crippen molar-refractivity contribution in [3.05, 3.63) is 75.2 Å². The average Bonchev–Trinajstić information content (AvgIpc) is 3.49. The van der Waals surface area contributed by atoms with Crippen LogP contribution in [-0.4, -0.2) is 9.97 Å². The summed E-state index contributed by atoms with van der Waals surface area (Å²) in [7, 11) is 0. The second-order valence-corrected chi connectivity index (χ2v) is 8.36. The van der Waals surface area contributed by atoms with Crippen LogP contribution in [-0.2, 0) is 6.42 Å². The third-order valence-corrected chi connectivity index (χ3v) is 5.39. The van der Waals surface area contributed by atoms with Crippen LogP contribution in [0.25, 0.3) is 11.1 Å². The minimum Gasteiger partial charge on any atom is -0.354 e. The van der Waals surface area contributed by atoms with Crippen molar-refractivity contribution in [2.75, 3.05) is 5.32 Å². The number of nitrogens with zero attached hydrogens (tertiary/aromatic N) is 1. The molecule has 0 amide bonds. The number of hydrogen-bond acceptors (Lipinski definition) is 3. The van der Waals surface area contributed by atoms with Gasteiger partial charge in [-0.1, -0.05) is 25.4 Å². The Labute approximate surface area is 174 Å². The second-order valence-electron chi connectivity index (χ2n) is 7.93. The zero-order valence-electron chi connectivity index (χ0n) is 16.4. The number of benzene rings is 1. The lowest BCUT2D eigenvalue weighted by atomic mass is 10.0. The van der Waals surface area contributed by atoms with Gasteiger partial charge in [0.15, 0.2) is 0 Å². The molecule has 1 fully saturated rings. The predicted octanol–water partition coefficient (Wildman–Crippen LogP) is 6.05. The van der Waals surface area contributed by atoms with Gasteiger partial charge in [0, 0.05) is 33.9 Å². The molecule has 150 valence electrons. The molecule has 29 heavy (non-hydrogen) atoms. The standard InChI is InChI=1S/C23H23ClFN3O/c1-13(2)22-21(27-16-7-8-26-17(11-16)9-14-3-4-14)12-19(23(29)28-22)18-10-15(24)5-6-20(18)25/h5-8,10-14H,3-4,9H2,1-2H3,(H,26,27)(H,28,29). The normalized spacial score (nSPS) is 13.7. The molecule has 0 atom stereocenters. The van der Waals surface area contributed by atoms with E-state index < -0.39 is 5.82 Å². The molecule has 1 aromatic carbocycles. The first kappa shape index (κ1) is 19.6. The highest BCUT2D eigenvalue weighted by molar-refractivity contribution is 6.30. The van der Waals surface area contributed by atoms with Crippen LogP contribution in [0.3, 0.4) is 0 Å². The molecule has 0 aliphatic heterocycles. The minimum atomic E-state index is -0.487. The molecule has 1 saturated carbocycles. The molecule has 4 rings (SSSR count). The van der Waals surface area contributed by atoms with Crippen molar-refractivity contribution >= 4 is 23.0 Å². The zero-order chi connectivity index (χ0) is 20.5. The van der Waals surface area contributed by atoms with Crippen LogP contribution in [0.4, 0.5) is 15.8 Å². The number of aromatic nitrogens is 2. The highest BCUT2D eigenvalue weighted by atomic mass is 35.5.